The maximum absolute atomic E-state index is 13.3. The highest BCUT2D eigenvalue weighted by atomic mass is 35.5. The van der Waals surface area contributed by atoms with Crippen LogP contribution in [0.1, 0.15) is 17.0 Å². The first-order chi connectivity index (χ1) is 18.8. The van der Waals surface area contributed by atoms with E-state index >= 15 is 0 Å². The van der Waals surface area contributed by atoms with Crippen molar-refractivity contribution in [2.24, 2.45) is 10.1 Å². The van der Waals surface area contributed by atoms with Crippen molar-refractivity contribution in [3.63, 3.8) is 0 Å². The van der Waals surface area contributed by atoms with Crippen LogP contribution in [0.25, 0.3) is 0 Å². The molecule has 3 N–H and O–H groups in total. The van der Waals surface area contributed by atoms with E-state index in [0.717, 1.165) is 0 Å². The van der Waals surface area contributed by atoms with Crippen LogP contribution in [0, 0.1) is 0 Å². The quantitative estimate of drug-likeness (QED) is 0.227. The van der Waals surface area contributed by atoms with Crippen LogP contribution < -0.4 is 9.46 Å². The molecule has 0 spiro atoms. The van der Waals surface area contributed by atoms with E-state index in [9.17, 15) is 13.5 Å². The molecule has 2 heterocycles. The third-order valence-electron chi connectivity index (χ3n) is 5.96. The Hall–Kier alpha value is -4.33. The Kier molecular flexibility index (Phi) is 7.28. The van der Waals surface area contributed by atoms with Crippen molar-refractivity contribution in [3.05, 3.63) is 101 Å². The summed E-state index contributed by atoms with van der Waals surface area (Å²) >= 11 is 5.94. The van der Waals surface area contributed by atoms with Crippen molar-refractivity contribution in [2.45, 2.75) is 17.0 Å². The first-order valence-corrected chi connectivity index (χ1v) is 13.5. The zero-order chi connectivity index (χ0) is 27.5. The molecule has 0 amide bonds. The summed E-state index contributed by atoms with van der Waals surface area (Å²) in [5.41, 5.74) is -0.119. The van der Waals surface area contributed by atoms with Crippen LogP contribution in [0.15, 0.2) is 93.9 Å². The van der Waals surface area contributed by atoms with E-state index < -0.39 is 15.6 Å². The zero-order valence-corrected chi connectivity index (χ0v) is 22.1. The second-order valence-corrected chi connectivity index (χ2v) is 10.6. The van der Waals surface area contributed by atoms with Gasteiger partial charge in [-0.3, -0.25) is 0 Å². The van der Waals surface area contributed by atoms with Gasteiger partial charge in [-0.1, -0.05) is 47.1 Å². The second kappa shape index (κ2) is 10.8. The molecule has 0 bridgehead atoms. The lowest BCUT2D eigenvalue weighted by molar-refractivity contribution is 0.103. The summed E-state index contributed by atoms with van der Waals surface area (Å²) in [6, 6.07) is 21.7. The van der Waals surface area contributed by atoms with E-state index in [1.807, 2.05) is 6.07 Å². The number of benzene rings is 3. The van der Waals surface area contributed by atoms with Gasteiger partial charge in [-0.05, 0) is 54.1 Å². The highest BCUT2D eigenvalue weighted by Crippen LogP contribution is 2.34. The number of nitrogens with one attached hydrogen (secondary N) is 2. The number of H-pyrrole nitrogens is 1. The molecule has 1 aliphatic heterocycles. The van der Waals surface area contributed by atoms with Crippen LogP contribution in [0.3, 0.4) is 0 Å². The fraction of sp³-hybridized carbons (Fsp3) is 0.160. The van der Waals surface area contributed by atoms with E-state index in [0.29, 0.717) is 27.6 Å². The fourth-order valence-electron chi connectivity index (χ4n) is 3.99. The zero-order valence-electron chi connectivity index (χ0n) is 20.6. The maximum Gasteiger partial charge on any atom is 0.264 e. The van der Waals surface area contributed by atoms with Crippen molar-refractivity contribution in [2.75, 3.05) is 13.7 Å². The largest absolute Gasteiger partial charge is 0.497 e. The van der Waals surface area contributed by atoms with Gasteiger partial charge >= 0.3 is 0 Å². The van der Waals surface area contributed by atoms with Crippen LogP contribution in [0.4, 0.5) is 0 Å². The summed E-state index contributed by atoms with van der Waals surface area (Å²) in [6.45, 7) is -0.241. The predicted octanol–water partition coefficient (Wildman–Crippen LogP) is 2.30. The van der Waals surface area contributed by atoms with E-state index in [4.69, 9.17) is 16.3 Å². The molecule has 14 heteroatoms. The summed E-state index contributed by atoms with van der Waals surface area (Å²) < 4.78 is 34.3. The Bertz CT molecular complexity index is 1600. The van der Waals surface area contributed by atoms with Crippen molar-refractivity contribution in [1.29, 1.82) is 0 Å². The van der Waals surface area contributed by atoms with Crippen molar-refractivity contribution in [3.8, 4) is 5.75 Å². The van der Waals surface area contributed by atoms with Gasteiger partial charge in [0.25, 0.3) is 10.0 Å². The third kappa shape index (κ3) is 5.60. The van der Waals surface area contributed by atoms with Crippen molar-refractivity contribution < 1.29 is 18.3 Å². The number of tetrazole rings is 1. The number of aromatic nitrogens is 4. The molecule has 1 unspecified atom stereocenters. The van der Waals surface area contributed by atoms with Crippen LogP contribution in [0.5, 0.6) is 5.75 Å². The van der Waals surface area contributed by atoms with Gasteiger partial charge in [-0.15, -0.1) is 10.2 Å². The van der Waals surface area contributed by atoms with Crippen LogP contribution in [0.2, 0.25) is 5.02 Å². The number of methoxy groups -OCH3 is 1. The number of β-amino-alcohol motifs (C(OH)–C–C–N with tert-alkyl or cyclic N) is 1. The number of aliphatic hydroxyl groups is 1. The minimum atomic E-state index is -4.11. The van der Waals surface area contributed by atoms with E-state index in [1.54, 1.807) is 55.6 Å². The first kappa shape index (κ1) is 26.3. The Morgan fingerprint density at radius 2 is 1.85 bits per heavy atom. The fourth-order valence-corrected chi connectivity index (χ4v) is 5.14. The smallest absolute Gasteiger partial charge is 0.264 e. The lowest BCUT2D eigenvalue weighted by Gasteiger charge is -2.26. The standard InChI is InChI=1S/C25H23ClN8O4S/c1-38-20-11-7-17(8-12-20)23-25(35,18-5-3-2-4-6-18)16-34(30-23)24(27-15-22-28-32-33-29-22)31-39(36,37)21-13-9-19(26)10-14-21/h2-14,35H,15-16H2,1H3,(H,27,31)(H,28,29,32,33). The molecule has 4 aromatic rings. The number of hydrazone groups is 1. The number of halogens is 1. The number of nitrogens with zero attached hydrogens (tertiary/aromatic N) is 6. The van der Waals surface area contributed by atoms with Crippen LogP contribution in [-0.4, -0.2) is 64.5 Å². The third-order valence-corrected chi connectivity index (χ3v) is 7.56. The van der Waals surface area contributed by atoms with Crippen LogP contribution in [-0.2, 0) is 22.2 Å². The molecule has 5 rings (SSSR count). The topological polar surface area (TPSA) is 158 Å². The van der Waals surface area contributed by atoms with Crippen molar-refractivity contribution in [1.82, 2.24) is 30.4 Å². The molecule has 3 aromatic carbocycles. The summed E-state index contributed by atoms with van der Waals surface area (Å²) in [7, 11) is -2.55. The number of hydrogen-bond donors (Lipinski definition) is 3. The summed E-state index contributed by atoms with van der Waals surface area (Å²) in [4.78, 5) is 4.36. The molecular formula is C25H23ClN8O4S. The second-order valence-electron chi connectivity index (χ2n) is 8.49. The number of aliphatic imine (C=N–C) groups is 1. The summed E-state index contributed by atoms with van der Waals surface area (Å²) in [5.74, 6) is 0.721. The molecule has 0 aliphatic carbocycles. The SMILES string of the molecule is COc1ccc(C2=NN(C(=NCc3nn[nH]n3)NS(=O)(=O)c3ccc(Cl)cc3)CC2(O)c2ccccc2)cc1. The molecule has 0 saturated heterocycles. The minimum absolute atomic E-state index is 0.0314. The van der Waals surface area contributed by atoms with Gasteiger partial charge in [0.05, 0.1) is 18.6 Å². The Morgan fingerprint density at radius 1 is 1.13 bits per heavy atom. The van der Waals surface area contributed by atoms with Gasteiger partial charge in [-0.2, -0.15) is 10.3 Å². The Labute approximate surface area is 229 Å². The molecule has 1 aromatic heterocycles. The maximum atomic E-state index is 13.3. The van der Waals surface area contributed by atoms with E-state index in [-0.39, 0.29) is 29.8 Å². The lowest BCUT2D eigenvalue weighted by atomic mass is 9.86. The number of guanidine groups is 1. The normalized spacial score (nSPS) is 17.7. The average molecular weight is 567 g/mol. The first-order valence-electron chi connectivity index (χ1n) is 11.6. The number of rotatable bonds is 7. The van der Waals surface area contributed by atoms with E-state index in [2.05, 4.69) is 35.4 Å². The van der Waals surface area contributed by atoms with Gasteiger partial charge in [0.1, 0.15) is 18.0 Å². The molecule has 0 fully saturated rings. The van der Waals surface area contributed by atoms with Gasteiger partial charge < -0.3 is 9.84 Å². The molecule has 0 radical (unpaired) electrons. The van der Waals surface area contributed by atoms with Gasteiger partial charge in [0.2, 0.25) is 5.96 Å². The molecule has 1 aliphatic rings. The average Bonchev–Trinajstić information content (AvgIpc) is 3.60. The van der Waals surface area contributed by atoms with Gasteiger partial charge in [0.15, 0.2) is 11.4 Å². The summed E-state index contributed by atoms with van der Waals surface area (Å²) in [5, 5.41) is 32.0. The Morgan fingerprint density at radius 3 is 2.49 bits per heavy atom. The van der Waals surface area contributed by atoms with E-state index in [1.165, 1.54) is 29.3 Å². The highest BCUT2D eigenvalue weighted by Gasteiger charge is 2.45. The summed E-state index contributed by atoms with van der Waals surface area (Å²) in [6.07, 6.45) is 0. The predicted molar refractivity (Wildman–Crippen MR) is 144 cm³/mol. The molecule has 39 heavy (non-hydrogen) atoms. The number of hydrogen-bond acceptors (Lipinski definition) is 9. The lowest BCUT2D eigenvalue weighted by Crippen LogP contribution is -2.45. The van der Waals surface area contributed by atoms with Gasteiger partial charge in [0, 0.05) is 10.6 Å². The van der Waals surface area contributed by atoms with Crippen molar-refractivity contribution >= 4 is 33.3 Å². The number of sulfonamides is 1. The van der Waals surface area contributed by atoms with Gasteiger partial charge in [-0.25, -0.2) is 23.1 Å². The minimum Gasteiger partial charge on any atom is -0.497 e. The molecule has 0 saturated carbocycles. The highest BCUT2D eigenvalue weighted by molar-refractivity contribution is 7.90. The Balaban J connectivity index is 1.57. The van der Waals surface area contributed by atoms with Crippen LogP contribution >= 0.6 is 11.6 Å². The number of ether oxygens (including phenoxy) is 1. The molecule has 12 nitrogen and oxygen atoms in total. The monoisotopic (exact) mass is 566 g/mol. The molecule has 1 atom stereocenters. The molecule has 200 valence electrons. The molecular weight excluding hydrogens is 544 g/mol. The number of aromatic amines is 1.